The lowest BCUT2D eigenvalue weighted by atomic mass is 9.87. The lowest BCUT2D eigenvalue weighted by molar-refractivity contribution is 0.121. The van der Waals surface area contributed by atoms with Crippen LogP contribution in [-0.4, -0.2) is 30.6 Å². The van der Waals surface area contributed by atoms with Gasteiger partial charge in [0.1, 0.15) is 0 Å². The molecule has 0 spiro atoms. The van der Waals surface area contributed by atoms with E-state index >= 15 is 0 Å². The Kier molecular flexibility index (Phi) is 5.94. The monoisotopic (exact) mass is 240 g/mol. The van der Waals surface area contributed by atoms with Crippen molar-refractivity contribution in [3.63, 3.8) is 0 Å². The summed E-state index contributed by atoms with van der Waals surface area (Å²) in [5.74, 6) is 0.895. The van der Waals surface area contributed by atoms with E-state index in [1.807, 2.05) is 0 Å². The summed E-state index contributed by atoms with van der Waals surface area (Å²) in [5.41, 5.74) is 6.10. The molecule has 0 aliphatic carbocycles. The number of hydrogen-bond acceptors (Lipinski definition) is 2. The van der Waals surface area contributed by atoms with E-state index in [0.717, 1.165) is 18.5 Å². The molecule has 0 aromatic rings. The Morgan fingerprint density at radius 2 is 1.88 bits per heavy atom. The Hall–Kier alpha value is -0.0800. The summed E-state index contributed by atoms with van der Waals surface area (Å²) in [7, 11) is 0. The molecule has 0 saturated carbocycles. The van der Waals surface area contributed by atoms with Gasteiger partial charge in [-0.3, -0.25) is 0 Å². The van der Waals surface area contributed by atoms with E-state index < -0.39 is 0 Å². The number of nitrogens with zero attached hydrogens (tertiary/aromatic N) is 1. The largest absolute Gasteiger partial charge is 0.330 e. The molecule has 1 heterocycles. The third kappa shape index (κ3) is 5.39. The molecule has 1 rings (SSSR count). The quantitative estimate of drug-likeness (QED) is 0.722. The van der Waals surface area contributed by atoms with Crippen molar-refractivity contribution in [2.24, 2.45) is 17.1 Å². The van der Waals surface area contributed by atoms with Crippen LogP contribution in [0, 0.1) is 11.3 Å². The van der Waals surface area contributed by atoms with Crippen molar-refractivity contribution in [2.75, 3.05) is 19.6 Å². The van der Waals surface area contributed by atoms with Gasteiger partial charge in [-0.05, 0) is 57.0 Å². The molecule has 17 heavy (non-hydrogen) atoms. The molecule has 0 aromatic heterocycles. The first-order chi connectivity index (χ1) is 7.94. The zero-order chi connectivity index (χ0) is 12.9. The van der Waals surface area contributed by atoms with Crippen molar-refractivity contribution in [3.8, 4) is 0 Å². The van der Waals surface area contributed by atoms with Crippen molar-refractivity contribution in [2.45, 2.75) is 65.8 Å². The minimum Gasteiger partial charge on any atom is -0.330 e. The molecule has 2 nitrogen and oxygen atoms in total. The highest BCUT2D eigenvalue weighted by atomic mass is 15.2. The highest BCUT2D eigenvalue weighted by molar-refractivity contribution is 4.77. The molecule has 102 valence electrons. The van der Waals surface area contributed by atoms with Gasteiger partial charge in [-0.25, -0.2) is 0 Å². The summed E-state index contributed by atoms with van der Waals surface area (Å²) in [4.78, 5) is 2.68. The van der Waals surface area contributed by atoms with E-state index in [2.05, 4.69) is 32.6 Å². The molecule has 1 fully saturated rings. The summed E-state index contributed by atoms with van der Waals surface area (Å²) < 4.78 is 0. The Labute approximate surface area is 108 Å². The maximum Gasteiger partial charge on any atom is 0.00671 e. The second-order valence-corrected chi connectivity index (χ2v) is 6.85. The van der Waals surface area contributed by atoms with Gasteiger partial charge in [0.25, 0.3) is 0 Å². The summed E-state index contributed by atoms with van der Waals surface area (Å²) >= 11 is 0. The van der Waals surface area contributed by atoms with Crippen LogP contribution in [0.2, 0.25) is 0 Å². The molecule has 2 heteroatoms. The average molecular weight is 240 g/mol. The van der Waals surface area contributed by atoms with Gasteiger partial charge >= 0.3 is 0 Å². The number of unbranched alkanes of at least 4 members (excludes halogenated alkanes) is 1. The Bertz CT molecular complexity index is 213. The predicted octanol–water partition coefficient (Wildman–Crippen LogP) is 3.26. The molecule has 1 aliphatic rings. The third-order valence-corrected chi connectivity index (χ3v) is 4.35. The predicted molar refractivity (Wildman–Crippen MR) is 76.1 cm³/mol. The van der Waals surface area contributed by atoms with E-state index in [1.54, 1.807) is 0 Å². The van der Waals surface area contributed by atoms with Crippen LogP contribution in [0.4, 0.5) is 0 Å². The van der Waals surface area contributed by atoms with Crippen molar-refractivity contribution >= 4 is 0 Å². The van der Waals surface area contributed by atoms with Crippen LogP contribution in [-0.2, 0) is 0 Å². The molecule has 2 unspecified atom stereocenters. The van der Waals surface area contributed by atoms with Crippen LogP contribution in [0.15, 0.2) is 0 Å². The lowest BCUT2D eigenvalue weighted by Gasteiger charge is -2.37. The van der Waals surface area contributed by atoms with E-state index in [0.29, 0.717) is 5.41 Å². The first kappa shape index (κ1) is 15.0. The Morgan fingerprint density at radius 3 is 2.53 bits per heavy atom. The third-order valence-electron chi connectivity index (χ3n) is 4.35. The maximum absolute atomic E-state index is 5.76. The molecule has 0 amide bonds. The number of likely N-dealkylation sites (tertiary alicyclic amines) is 1. The van der Waals surface area contributed by atoms with Crippen LogP contribution < -0.4 is 5.73 Å². The van der Waals surface area contributed by atoms with Gasteiger partial charge in [0.05, 0.1) is 0 Å². The normalized spacial score (nSPS) is 27.4. The minimum atomic E-state index is 0.334. The zero-order valence-electron chi connectivity index (χ0n) is 12.3. The van der Waals surface area contributed by atoms with E-state index in [-0.39, 0.29) is 0 Å². The summed E-state index contributed by atoms with van der Waals surface area (Å²) in [6.07, 6.45) is 6.72. The molecule has 1 saturated heterocycles. The smallest absolute Gasteiger partial charge is 0.00671 e. The van der Waals surface area contributed by atoms with E-state index in [9.17, 15) is 0 Å². The maximum atomic E-state index is 5.76. The van der Waals surface area contributed by atoms with Crippen LogP contribution in [0.1, 0.15) is 59.8 Å². The van der Waals surface area contributed by atoms with E-state index in [4.69, 9.17) is 5.73 Å². The topological polar surface area (TPSA) is 29.3 Å². The lowest BCUT2D eigenvalue weighted by Crippen LogP contribution is -2.41. The molecule has 0 aromatic carbocycles. The summed E-state index contributed by atoms with van der Waals surface area (Å²) in [5, 5.41) is 0. The van der Waals surface area contributed by atoms with Crippen LogP contribution >= 0.6 is 0 Å². The molecule has 2 N–H and O–H groups in total. The van der Waals surface area contributed by atoms with Crippen molar-refractivity contribution < 1.29 is 0 Å². The van der Waals surface area contributed by atoms with Crippen LogP contribution in [0.3, 0.4) is 0 Å². The van der Waals surface area contributed by atoms with Crippen molar-refractivity contribution in [3.05, 3.63) is 0 Å². The number of piperidine rings is 1. The van der Waals surface area contributed by atoms with Crippen LogP contribution in [0.25, 0.3) is 0 Å². The number of nitrogens with two attached hydrogens (primary N) is 1. The van der Waals surface area contributed by atoms with Crippen LogP contribution in [0.5, 0.6) is 0 Å². The molecular formula is C15H32N2. The zero-order valence-corrected chi connectivity index (χ0v) is 12.3. The minimum absolute atomic E-state index is 0.334. The highest BCUT2D eigenvalue weighted by Gasteiger charge is 2.22. The fraction of sp³-hybridized carbons (Fsp3) is 1.00. The van der Waals surface area contributed by atoms with Gasteiger partial charge in [0.15, 0.2) is 0 Å². The second-order valence-electron chi connectivity index (χ2n) is 6.85. The highest BCUT2D eigenvalue weighted by Crippen LogP contribution is 2.24. The fourth-order valence-corrected chi connectivity index (χ4v) is 2.71. The van der Waals surface area contributed by atoms with Gasteiger partial charge in [0.2, 0.25) is 0 Å². The molecular weight excluding hydrogens is 208 g/mol. The number of rotatable bonds is 6. The van der Waals surface area contributed by atoms with Crippen molar-refractivity contribution in [1.82, 2.24) is 4.90 Å². The average Bonchev–Trinajstić information content (AvgIpc) is 2.29. The van der Waals surface area contributed by atoms with Gasteiger partial charge in [-0.15, -0.1) is 0 Å². The Balaban J connectivity index is 2.17. The van der Waals surface area contributed by atoms with Gasteiger partial charge in [-0.1, -0.05) is 27.2 Å². The second kappa shape index (κ2) is 6.75. The molecule has 2 atom stereocenters. The van der Waals surface area contributed by atoms with Crippen molar-refractivity contribution in [1.29, 1.82) is 0 Å². The molecule has 0 bridgehead atoms. The first-order valence-electron chi connectivity index (χ1n) is 7.39. The first-order valence-corrected chi connectivity index (χ1v) is 7.39. The Morgan fingerprint density at radius 1 is 1.18 bits per heavy atom. The van der Waals surface area contributed by atoms with E-state index in [1.165, 1.54) is 45.2 Å². The summed E-state index contributed by atoms with van der Waals surface area (Å²) in [6.45, 7) is 12.7. The number of hydrogen-bond donors (Lipinski definition) is 1. The summed E-state index contributed by atoms with van der Waals surface area (Å²) in [6, 6.07) is 0.800. The molecule has 0 radical (unpaired) electrons. The molecule has 1 aliphatic heterocycles. The van der Waals surface area contributed by atoms with Gasteiger partial charge in [0, 0.05) is 12.6 Å². The SMILES string of the molecule is CC1CCC(C)N(CCCCC(C)(C)CN)C1. The fourth-order valence-electron chi connectivity index (χ4n) is 2.71. The van der Waals surface area contributed by atoms with Gasteiger partial charge < -0.3 is 10.6 Å². The van der Waals surface area contributed by atoms with Gasteiger partial charge in [-0.2, -0.15) is 0 Å². The standard InChI is InChI=1S/C15H32N2/c1-13-7-8-14(2)17(11-13)10-6-5-9-15(3,4)12-16/h13-14H,5-12,16H2,1-4H3.